The average molecular weight is 337 g/mol. The Balaban J connectivity index is 2.48. The van der Waals surface area contributed by atoms with Crippen LogP contribution in [0.1, 0.15) is 36.6 Å². The number of aliphatic carboxylic acids is 1. The third-order valence-electron chi connectivity index (χ3n) is 3.29. The maximum Gasteiger partial charge on any atom is 0.309 e. The van der Waals surface area contributed by atoms with Gasteiger partial charge < -0.3 is 5.11 Å². The van der Waals surface area contributed by atoms with Crippen LogP contribution < -0.4 is 0 Å². The number of nitrogens with one attached hydrogen (secondary N) is 1. The highest BCUT2D eigenvalue weighted by Crippen LogP contribution is 2.33. The van der Waals surface area contributed by atoms with Crippen molar-refractivity contribution in [3.8, 4) is 11.3 Å². The van der Waals surface area contributed by atoms with Gasteiger partial charge in [0.15, 0.2) is 0 Å². The second kappa shape index (κ2) is 5.79. The number of aryl methyl sites for hydroxylation is 1. The number of hydrogen-bond donors (Lipinski definition) is 2. The predicted octanol–water partition coefficient (Wildman–Crippen LogP) is 3.90. The summed E-state index contributed by atoms with van der Waals surface area (Å²) < 4.78 is 0.726. The summed E-state index contributed by atoms with van der Waals surface area (Å²) in [4.78, 5) is 10.8. The minimum atomic E-state index is -0.881. The molecule has 0 atom stereocenters. The number of benzene rings is 1. The van der Waals surface area contributed by atoms with Crippen molar-refractivity contribution in [2.24, 2.45) is 0 Å². The van der Waals surface area contributed by atoms with Gasteiger partial charge in [-0.1, -0.05) is 26.0 Å². The monoisotopic (exact) mass is 336 g/mol. The summed E-state index contributed by atoms with van der Waals surface area (Å²) in [6.45, 7) is 6.31. The molecule has 20 heavy (non-hydrogen) atoms. The van der Waals surface area contributed by atoms with Crippen LogP contribution in [-0.2, 0) is 11.2 Å². The van der Waals surface area contributed by atoms with Gasteiger partial charge >= 0.3 is 5.97 Å². The lowest BCUT2D eigenvalue weighted by Crippen LogP contribution is -2.00. The molecule has 2 rings (SSSR count). The molecule has 4 nitrogen and oxygen atoms in total. The molecule has 0 aliphatic rings. The van der Waals surface area contributed by atoms with Crippen molar-refractivity contribution >= 4 is 21.9 Å². The summed E-state index contributed by atoms with van der Waals surface area (Å²) in [5, 5.41) is 15.9. The highest BCUT2D eigenvalue weighted by atomic mass is 79.9. The van der Waals surface area contributed by atoms with Crippen LogP contribution in [0.4, 0.5) is 0 Å². The number of carbonyl (C=O) groups is 1. The molecule has 0 bridgehead atoms. The number of carboxylic acid groups (broad SMARTS) is 1. The van der Waals surface area contributed by atoms with Gasteiger partial charge in [0.1, 0.15) is 5.69 Å². The molecule has 0 fully saturated rings. The number of halogens is 1. The molecule has 2 N–H and O–H groups in total. The van der Waals surface area contributed by atoms with Crippen molar-refractivity contribution in [1.29, 1.82) is 0 Å². The number of nitrogens with zero attached hydrogens (tertiary/aromatic N) is 1. The Kier molecular flexibility index (Phi) is 4.28. The van der Waals surface area contributed by atoms with Gasteiger partial charge in [0, 0.05) is 5.56 Å². The molecule has 0 radical (unpaired) electrons. The predicted molar refractivity (Wildman–Crippen MR) is 81.9 cm³/mol. The van der Waals surface area contributed by atoms with Gasteiger partial charge in [-0.15, -0.1) is 0 Å². The molecule has 0 amide bonds. The Morgan fingerprint density at radius 3 is 2.75 bits per heavy atom. The zero-order chi connectivity index (χ0) is 14.9. The van der Waals surface area contributed by atoms with E-state index in [0.29, 0.717) is 11.6 Å². The fraction of sp³-hybridized carbons (Fsp3) is 0.333. The van der Waals surface area contributed by atoms with Gasteiger partial charge in [0.2, 0.25) is 0 Å². The Hall–Kier alpha value is -1.62. The largest absolute Gasteiger partial charge is 0.481 e. The third kappa shape index (κ3) is 2.93. The van der Waals surface area contributed by atoms with Gasteiger partial charge in [0.25, 0.3) is 0 Å². The maximum absolute atomic E-state index is 10.8. The van der Waals surface area contributed by atoms with Crippen LogP contribution >= 0.6 is 15.9 Å². The van der Waals surface area contributed by atoms with E-state index in [4.69, 9.17) is 5.11 Å². The Morgan fingerprint density at radius 1 is 1.45 bits per heavy atom. The summed E-state index contributed by atoms with van der Waals surface area (Å²) in [5.41, 5.74) is 4.72. The Morgan fingerprint density at radius 2 is 2.15 bits per heavy atom. The number of aromatic nitrogens is 2. The summed E-state index contributed by atoms with van der Waals surface area (Å²) >= 11 is 3.46. The zero-order valence-corrected chi connectivity index (χ0v) is 13.3. The molecule has 2 aromatic rings. The first-order chi connectivity index (χ1) is 9.40. The second-order valence-corrected chi connectivity index (χ2v) is 5.96. The van der Waals surface area contributed by atoms with Crippen molar-refractivity contribution in [3.63, 3.8) is 0 Å². The van der Waals surface area contributed by atoms with E-state index in [1.807, 2.05) is 6.92 Å². The van der Waals surface area contributed by atoms with E-state index >= 15 is 0 Å². The molecular weight excluding hydrogens is 320 g/mol. The van der Waals surface area contributed by atoms with E-state index in [9.17, 15) is 4.79 Å². The highest BCUT2D eigenvalue weighted by Gasteiger charge is 2.16. The van der Waals surface area contributed by atoms with E-state index in [0.717, 1.165) is 21.3 Å². The number of rotatable bonds is 4. The summed E-state index contributed by atoms with van der Waals surface area (Å²) in [7, 11) is 0. The smallest absolute Gasteiger partial charge is 0.309 e. The van der Waals surface area contributed by atoms with Crippen LogP contribution in [0.3, 0.4) is 0 Å². The van der Waals surface area contributed by atoms with E-state index in [1.54, 1.807) is 0 Å². The standard InChI is InChI=1S/C15H17BrN2O2/c1-8(2)10-5-4-9(3)11(6-10)15-14(16)12(17-18-15)7-13(19)20/h4-6,8H,7H2,1-3H3,(H,17,18)(H,19,20). The maximum atomic E-state index is 10.8. The molecule has 1 aromatic carbocycles. The van der Waals surface area contributed by atoms with Crippen molar-refractivity contribution in [2.45, 2.75) is 33.1 Å². The average Bonchev–Trinajstić information content (AvgIpc) is 2.71. The van der Waals surface area contributed by atoms with Gasteiger partial charge in [-0.25, -0.2) is 0 Å². The topological polar surface area (TPSA) is 66.0 Å². The van der Waals surface area contributed by atoms with Crippen LogP contribution in [0.2, 0.25) is 0 Å². The van der Waals surface area contributed by atoms with Gasteiger partial charge in [-0.2, -0.15) is 5.10 Å². The number of H-pyrrole nitrogens is 1. The van der Waals surface area contributed by atoms with Crippen molar-refractivity contribution in [1.82, 2.24) is 10.2 Å². The normalized spacial score (nSPS) is 11.1. The molecular formula is C15H17BrN2O2. The molecule has 0 spiro atoms. The second-order valence-electron chi connectivity index (χ2n) is 5.16. The molecule has 0 saturated carbocycles. The fourth-order valence-electron chi connectivity index (χ4n) is 2.07. The molecule has 106 valence electrons. The molecule has 1 heterocycles. The molecule has 0 unspecified atom stereocenters. The Labute approximate surface area is 126 Å². The summed E-state index contributed by atoms with van der Waals surface area (Å²) in [6.07, 6.45) is -0.0729. The SMILES string of the molecule is Cc1ccc(C(C)C)cc1-c1n[nH]c(CC(=O)O)c1Br. The van der Waals surface area contributed by atoms with Gasteiger partial charge in [0.05, 0.1) is 16.6 Å². The first-order valence-corrected chi connectivity index (χ1v) is 7.25. The van der Waals surface area contributed by atoms with Crippen molar-refractivity contribution in [3.05, 3.63) is 39.5 Å². The third-order valence-corrected chi connectivity index (χ3v) is 4.14. The molecule has 0 saturated heterocycles. The first-order valence-electron chi connectivity index (χ1n) is 6.45. The number of hydrogen-bond acceptors (Lipinski definition) is 2. The molecule has 5 heteroatoms. The quantitative estimate of drug-likeness (QED) is 0.889. The van der Waals surface area contributed by atoms with Crippen LogP contribution in [0.5, 0.6) is 0 Å². The van der Waals surface area contributed by atoms with Gasteiger partial charge in [-0.05, 0) is 46.0 Å². The zero-order valence-electron chi connectivity index (χ0n) is 11.7. The van der Waals surface area contributed by atoms with Crippen LogP contribution in [-0.4, -0.2) is 21.3 Å². The van der Waals surface area contributed by atoms with Gasteiger partial charge in [-0.3, -0.25) is 9.89 Å². The van der Waals surface area contributed by atoms with Crippen LogP contribution in [0, 0.1) is 6.92 Å². The van der Waals surface area contributed by atoms with E-state index in [2.05, 4.69) is 58.2 Å². The minimum absolute atomic E-state index is 0.0729. The van der Waals surface area contributed by atoms with Crippen molar-refractivity contribution in [2.75, 3.05) is 0 Å². The minimum Gasteiger partial charge on any atom is -0.481 e. The van der Waals surface area contributed by atoms with E-state index in [-0.39, 0.29) is 6.42 Å². The van der Waals surface area contributed by atoms with Crippen LogP contribution in [0.25, 0.3) is 11.3 Å². The molecule has 0 aliphatic heterocycles. The lowest BCUT2D eigenvalue weighted by atomic mass is 9.96. The number of carboxylic acids is 1. The number of aromatic amines is 1. The molecule has 1 aromatic heterocycles. The molecule has 0 aliphatic carbocycles. The summed E-state index contributed by atoms with van der Waals surface area (Å²) in [5.74, 6) is -0.445. The lowest BCUT2D eigenvalue weighted by Gasteiger charge is -2.10. The van der Waals surface area contributed by atoms with E-state index in [1.165, 1.54) is 5.56 Å². The highest BCUT2D eigenvalue weighted by molar-refractivity contribution is 9.10. The van der Waals surface area contributed by atoms with Crippen molar-refractivity contribution < 1.29 is 9.90 Å². The Bertz CT molecular complexity index is 647. The lowest BCUT2D eigenvalue weighted by molar-refractivity contribution is -0.136. The first kappa shape index (κ1) is 14.8. The summed E-state index contributed by atoms with van der Waals surface area (Å²) in [6, 6.07) is 6.30. The fourth-order valence-corrected chi connectivity index (χ4v) is 2.60. The van der Waals surface area contributed by atoms with Crippen LogP contribution in [0.15, 0.2) is 22.7 Å². The van der Waals surface area contributed by atoms with E-state index < -0.39 is 5.97 Å².